The molecule has 2 heterocycles. The highest BCUT2D eigenvalue weighted by Crippen LogP contribution is 2.38. The van der Waals surface area contributed by atoms with Crippen molar-refractivity contribution in [3.05, 3.63) is 35.9 Å². The van der Waals surface area contributed by atoms with Crippen LogP contribution < -0.4 is 0 Å². The van der Waals surface area contributed by atoms with Crippen LogP contribution in [0.15, 0.2) is 30.3 Å². The van der Waals surface area contributed by atoms with E-state index in [9.17, 15) is 4.79 Å². The highest BCUT2D eigenvalue weighted by Gasteiger charge is 2.55. The van der Waals surface area contributed by atoms with Crippen LogP contribution in [-0.4, -0.2) is 36.7 Å². The molecule has 2 saturated heterocycles. The molecule has 0 unspecified atom stereocenters. The summed E-state index contributed by atoms with van der Waals surface area (Å²) in [6, 6.07) is 9.78. The van der Waals surface area contributed by atoms with Crippen molar-refractivity contribution in [2.45, 2.75) is 50.8 Å². The van der Waals surface area contributed by atoms with Crippen LogP contribution in [0.3, 0.4) is 0 Å². The molecule has 0 aliphatic carbocycles. The van der Waals surface area contributed by atoms with Gasteiger partial charge in [-0.25, -0.2) is 0 Å². The largest absolute Gasteiger partial charge is 0.367 e. The van der Waals surface area contributed by atoms with Gasteiger partial charge in [-0.1, -0.05) is 30.3 Å². The Morgan fingerprint density at radius 2 is 2.00 bits per heavy atom. The fourth-order valence-electron chi connectivity index (χ4n) is 2.57. The van der Waals surface area contributed by atoms with Crippen molar-refractivity contribution < 1.29 is 23.7 Å². The molecular formula is C15H18O5. The molecule has 0 bridgehead atoms. The van der Waals surface area contributed by atoms with E-state index in [1.165, 1.54) is 0 Å². The number of carbonyl (C=O) groups is 1. The Bertz CT molecular complexity index is 472. The van der Waals surface area contributed by atoms with Gasteiger partial charge in [-0.2, -0.15) is 0 Å². The number of rotatable bonds is 4. The summed E-state index contributed by atoms with van der Waals surface area (Å²) >= 11 is 0. The van der Waals surface area contributed by atoms with E-state index in [1.807, 2.05) is 44.2 Å². The lowest BCUT2D eigenvalue weighted by Crippen LogP contribution is -2.37. The minimum absolute atomic E-state index is 0.371. The molecule has 2 fully saturated rings. The summed E-state index contributed by atoms with van der Waals surface area (Å²) in [5.74, 6) is -0.711. The molecule has 108 valence electrons. The first kappa shape index (κ1) is 13.7. The lowest BCUT2D eigenvalue weighted by atomic mass is 10.1. The minimum Gasteiger partial charge on any atom is -0.367 e. The van der Waals surface area contributed by atoms with Gasteiger partial charge in [-0.05, 0) is 19.4 Å². The van der Waals surface area contributed by atoms with Gasteiger partial charge in [0.25, 0.3) is 0 Å². The molecule has 0 saturated carbocycles. The molecule has 0 N–H and O–H groups in total. The third kappa shape index (κ3) is 2.62. The molecule has 0 amide bonds. The summed E-state index contributed by atoms with van der Waals surface area (Å²) in [7, 11) is 0. The molecule has 0 spiro atoms. The minimum atomic E-state index is -0.711. The summed E-state index contributed by atoms with van der Waals surface area (Å²) in [5, 5.41) is 0. The second-order valence-corrected chi connectivity index (χ2v) is 5.47. The van der Waals surface area contributed by atoms with Gasteiger partial charge in [-0.3, -0.25) is 0 Å². The average Bonchev–Trinajstić information content (AvgIpc) is 2.89. The fraction of sp³-hybridized carbons (Fsp3) is 0.533. The number of hydrogen-bond donors (Lipinski definition) is 0. The topological polar surface area (TPSA) is 54.0 Å². The predicted octanol–water partition coefficient (Wildman–Crippen LogP) is 1.65. The second kappa shape index (κ2) is 5.26. The van der Waals surface area contributed by atoms with E-state index in [2.05, 4.69) is 0 Å². The SMILES string of the molecule is CC1(C)O[C@@H]2O[C@H](C=O)[C@@H](OCc3ccccc3)[C@@H]2O1. The molecule has 3 rings (SSSR count). The molecule has 0 aromatic heterocycles. The van der Waals surface area contributed by atoms with E-state index in [4.69, 9.17) is 18.9 Å². The van der Waals surface area contributed by atoms with Crippen LogP contribution >= 0.6 is 0 Å². The maximum Gasteiger partial charge on any atom is 0.190 e. The molecule has 5 heteroatoms. The standard InChI is InChI=1S/C15H18O5/c1-15(2)19-13-12(11(8-16)18-14(13)20-15)17-9-10-6-4-3-5-7-10/h3-8,11-14H,9H2,1-2H3/t11-,12-,13+,14+/m1/s1. The zero-order valence-corrected chi connectivity index (χ0v) is 11.5. The molecule has 0 radical (unpaired) electrons. The monoisotopic (exact) mass is 278 g/mol. The van der Waals surface area contributed by atoms with Crippen LogP contribution in [0, 0.1) is 0 Å². The summed E-state index contributed by atoms with van der Waals surface area (Å²) in [4.78, 5) is 11.1. The van der Waals surface area contributed by atoms with E-state index >= 15 is 0 Å². The van der Waals surface area contributed by atoms with Gasteiger partial charge >= 0.3 is 0 Å². The zero-order chi connectivity index (χ0) is 14.2. The quantitative estimate of drug-likeness (QED) is 0.784. The Labute approximate surface area is 117 Å². The lowest BCUT2D eigenvalue weighted by molar-refractivity contribution is -0.216. The van der Waals surface area contributed by atoms with Gasteiger partial charge < -0.3 is 23.7 Å². The van der Waals surface area contributed by atoms with Crippen molar-refractivity contribution in [3.63, 3.8) is 0 Å². The van der Waals surface area contributed by atoms with Crippen molar-refractivity contribution in [2.24, 2.45) is 0 Å². The summed E-state index contributed by atoms with van der Waals surface area (Å²) in [6.07, 6.45) is -1.26. The summed E-state index contributed by atoms with van der Waals surface area (Å²) < 4.78 is 22.7. The molecule has 2 aliphatic rings. The molecule has 5 nitrogen and oxygen atoms in total. The van der Waals surface area contributed by atoms with Gasteiger partial charge in [0, 0.05) is 0 Å². The molecule has 1 aromatic carbocycles. The average molecular weight is 278 g/mol. The smallest absolute Gasteiger partial charge is 0.190 e. The van der Waals surface area contributed by atoms with Gasteiger partial charge in [0.2, 0.25) is 0 Å². The third-order valence-corrected chi connectivity index (χ3v) is 3.45. The highest BCUT2D eigenvalue weighted by atomic mass is 16.8. The van der Waals surface area contributed by atoms with Gasteiger partial charge in [0.05, 0.1) is 6.61 Å². The highest BCUT2D eigenvalue weighted by molar-refractivity contribution is 5.58. The normalized spacial score (nSPS) is 34.9. The molecular weight excluding hydrogens is 260 g/mol. The number of aldehydes is 1. The van der Waals surface area contributed by atoms with Crippen LogP contribution in [0.25, 0.3) is 0 Å². The van der Waals surface area contributed by atoms with E-state index in [1.54, 1.807) is 0 Å². The van der Waals surface area contributed by atoms with Crippen LogP contribution in [-0.2, 0) is 30.3 Å². The van der Waals surface area contributed by atoms with Crippen molar-refractivity contribution >= 4 is 6.29 Å². The first-order valence-corrected chi connectivity index (χ1v) is 6.71. The van der Waals surface area contributed by atoms with Crippen molar-refractivity contribution in [2.75, 3.05) is 0 Å². The molecule has 20 heavy (non-hydrogen) atoms. The third-order valence-electron chi connectivity index (χ3n) is 3.45. The molecule has 4 atom stereocenters. The van der Waals surface area contributed by atoms with Crippen molar-refractivity contribution in [3.8, 4) is 0 Å². The number of fused-ring (bicyclic) bond motifs is 1. The number of carbonyl (C=O) groups excluding carboxylic acids is 1. The van der Waals surface area contributed by atoms with Gasteiger partial charge in [0.1, 0.15) is 18.3 Å². The summed E-state index contributed by atoms with van der Waals surface area (Å²) in [6.45, 7) is 4.05. The van der Waals surface area contributed by atoms with Gasteiger partial charge in [0.15, 0.2) is 18.4 Å². The van der Waals surface area contributed by atoms with Crippen LogP contribution in [0.5, 0.6) is 0 Å². The number of ether oxygens (including phenoxy) is 4. The van der Waals surface area contributed by atoms with Crippen molar-refractivity contribution in [1.29, 1.82) is 0 Å². The molecule has 2 aliphatic heterocycles. The Hall–Kier alpha value is -1.27. The predicted molar refractivity (Wildman–Crippen MR) is 69.8 cm³/mol. The number of benzene rings is 1. The first-order chi connectivity index (χ1) is 9.59. The Morgan fingerprint density at radius 1 is 1.25 bits per heavy atom. The maximum absolute atomic E-state index is 11.1. The number of hydrogen-bond acceptors (Lipinski definition) is 5. The van der Waals surface area contributed by atoms with E-state index in [0.29, 0.717) is 6.61 Å². The Balaban J connectivity index is 1.68. The first-order valence-electron chi connectivity index (χ1n) is 6.71. The Morgan fingerprint density at radius 3 is 2.70 bits per heavy atom. The Kier molecular flexibility index (Phi) is 3.60. The van der Waals surface area contributed by atoms with Crippen molar-refractivity contribution in [1.82, 2.24) is 0 Å². The molecule has 1 aromatic rings. The maximum atomic E-state index is 11.1. The van der Waals surface area contributed by atoms with E-state index in [-0.39, 0.29) is 6.10 Å². The zero-order valence-electron chi connectivity index (χ0n) is 11.5. The fourth-order valence-corrected chi connectivity index (χ4v) is 2.57. The van der Waals surface area contributed by atoms with Crippen LogP contribution in [0.4, 0.5) is 0 Å². The van der Waals surface area contributed by atoms with E-state index in [0.717, 1.165) is 11.8 Å². The summed E-state index contributed by atoms with van der Waals surface area (Å²) in [5.41, 5.74) is 1.04. The van der Waals surface area contributed by atoms with E-state index < -0.39 is 24.3 Å². The van der Waals surface area contributed by atoms with Gasteiger partial charge in [-0.15, -0.1) is 0 Å². The second-order valence-electron chi connectivity index (χ2n) is 5.47. The lowest BCUT2D eigenvalue weighted by Gasteiger charge is -2.23. The van der Waals surface area contributed by atoms with Crippen LogP contribution in [0.2, 0.25) is 0 Å². The van der Waals surface area contributed by atoms with Crippen LogP contribution in [0.1, 0.15) is 19.4 Å².